The van der Waals surface area contributed by atoms with Crippen LogP contribution in [0, 0.1) is 0 Å². The molecule has 0 atom stereocenters. The van der Waals surface area contributed by atoms with Gasteiger partial charge in [0.2, 0.25) is 0 Å². The molecule has 62 heavy (non-hydrogen) atoms. The van der Waals surface area contributed by atoms with Crippen LogP contribution < -0.4 is 4.90 Å². The fraction of sp³-hybridized carbons (Fsp3) is 0. The summed E-state index contributed by atoms with van der Waals surface area (Å²) in [5.41, 5.74) is -16.9. The van der Waals surface area contributed by atoms with Crippen molar-refractivity contribution in [2.75, 3.05) is 4.90 Å². The summed E-state index contributed by atoms with van der Waals surface area (Å²) in [7, 11) is 0. The van der Waals surface area contributed by atoms with Gasteiger partial charge in [-0.05, 0) is 128 Å². The van der Waals surface area contributed by atoms with E-state index in [9.17, 15) is 26.0 Å². The minimum absolute atomic E-state index is 0.134. The van der Waals surface area contributed by atoms with Crippen LogP contribution in [0.25, 0.3) is 83.1 Å². The second-order valence-electron chi connectivity index (χ2n) is 12.5. The molecule has 11 rings (SSSR count). The molecule has 0 saturated carbocycles. The summed E-state index contributed by atoms with van der Waals surface area (Å²) in [6, 6.07) is -49.1. The lowest BCUT2D eigenvalue weighted by Gasteiger charge is -2.26. The number of hydrogen-bond acceptors (Lipinski definition) is 1. The summed E-state index contributed by atoms with van der Waals surface area (Å²) < 4.78 is 381. The van der Waals surface area contributed by atoms with Crippen molar-refractivity contribution >= 4 is 38.9 Å². The highest BCUT2D eigenvalue weighted by Crippen LogP contribution is 2.40. The summed E-state index contributed by atoms with van der Waals surface area (Å²) >= 11 is 0. The van der Waals surface area contributed by atoms with Crippen molar-refractivity contribution in [2.45, 2.75) is 0 Å². The molecule has 0 amide bonds. The Morgan fingerprint density at radius 1 is 0.258 bits per heavy atom. The van der Waals surface area contributed by atoms with E-state index in [-0.39, 0.29) is 4.90 Å². The maximum absolute atomic E-state index is 10.2. The van der Waals surface area contributed by atoms with E-state index in [1.807, 2.05) is 0 Å². The molecule has 0 saturated heterocycles. The van der Waals surface area contributed by atoms with Gasteiger partial charge in [-0.25, -0.2) is 0 Å². The number of aromatic nitrogens is 1. The highest BCUT2D eigenvalue weighted by atomic mass is 15.1. The van der Waals surface area contributed by atoms with Gasteiger partial charge in [-0.15, -0.1) is 0 Å². The van der Waals surface area contributed by atoms with Crippen molar-refractivity contribution in [1.82, 2.24) is 4.57 Å². The average molecular weight is 833 g/mol. The molecule has 10 aromatic carbocycles. The monoisotopic (exact) mass is 833 g/mol. The minimum Gasteiger partial charge on any atom is -0.310 e. The zero-order chi connectivity index (χ0) is 77.8. The highest BCUT2D eigenvalue weighted by Gasteiger charge is 2.17. The number of para-hydroxylation sites is 2. The first kappa shape index (κ1) is 13.4. The zero-order valence-electron chi connectivity index (χ0n) is 72.9. The molecule has 0 N–H and O–H groups in total. The number of hydrogen-bond donors (Lipinski definition) is 0. The largest absolute Gasteiger partial charge is 0.310 e. The molecule has 0 bridgehead atoms. The Balaban J connectivity index is 1.30. The molecule has 292 valence electrons. The molecule has 1 heterocycles. The summed E-state index contributed by atoms with van der Waals surface area (Å²) in [5.74, 6) is 0. The van der Waals surface area contributed by atoms with E-state index >= 15 is 0 Å². The molecule has 11 aromatic rings. The molecule has 0 radical (unpaired) electrons. The van der Waals surface area contributed by atoms with Crippen LogP contribution in [-0.4, -0.2) is 4.57 Å². The summed E-state index contributed by atoms with van der Waals surface area (Å²) in [5, 5.41) is -1.54. The molecule has 0 aliphatic heterocycles. The molecular formula is C60H42N2. The predicted molar refractivity (Wildman–Crippen MR) is 263 cm³/mol. The first-order valence-electron chi connectivity index (χ1n) is 38.8. The molecule has 0 fully saturated rings. The van der Waals surface area contributed by atoms with Crippen LogP contribution in [0.2, 0.25) is 0 Å². The lowest BCUT2D eigenvalue weighted by Crippen LogP contribution is -2.10. The van der Waals surface area contributed by atoms with E-state index in [1.165, 1.54) is 0 Å². The van der Waals surface area contributed by atoms with Crippen molar-refractivity contribution in [3.05, 3.63) is 254 Å². The fourth-order valence-corrected chi connectivity index (χ4v) is 6.12. The molecule has 0 aliphatic carbocycles. The smallest absolute Gasteiger partial charge is 0.0651 e. The van der Waals surface area contributed by atoms with Crippen molar-refractivity contribution in [3.63, 3.8) is 0 Å². The number of fused-ring (bicyclic) bond motifs is 3. The Hall–Kier alpha value is -8.20. The minimum atomic E-state index is -1.50. The summed E-state index contributed by atoms with van der Waals surface area (Å²) in [4.78, 5) is 0.134. The third-order valence-corrected chi connectivity index (χ3v) is 8.87. The lowest BCUT2D eigenvalue weighted by atomic mass is 9.98. The predicted octanol–water partition coefficient (Wildman–Crippen LogP) is 16.6. The number of anilines is 3. The molecule has 2 heteroatoms. The molecule has 0 unspecified atom stereocenters. The van der Waals surface area contributed by atoms with Crippen LogP contribution in [0.1, 0.15) is 57.6 Å². The van der Waals surface area contributed by atoms with Gasteiger partial charge in [-0.3, -0.25) is 0 Å². The maximum atomic E-state index is 10.2. The van der Waals surface area contributed by atoms with Crippen LogP contribution in [0.15, 0.2) is 254 Å². The van der Waals surface area contributed by atoms with Crippen molar-refractivity contribution in [3.8, 4) is 61.3 Å². The summed E-state index contributed by atoms with van der Waals surface area (Å²) in [6.45, 7) is 0. The Morgan fingerprint density at radius 3 is 1.24 bits per heavy atom. The molecule has 0 spiro atoms. The van der Waals surface area contributed by atoms with Gasteiger partial charge in [0, 0.05) is 33.5 Å². The standard InChI is InChI=1S/C60H42N2/c1-4-14-43(15-5-1)45-26-28-46(29-27-45)47-30-35-54(36-31-47)61(55-37-32-48(33-38-55)50-19-12-18-49(40-50)44-16-6-2-7-17-44)56-23-13-20-51(41-56)52-34-39-60-58(42-52)57-24-10-11-25-59(57)62(60)53-21-8-3-9-22-53/h1-42H/i1D,2D,3D,4D,5D,6D,7D,8D,9D,10D,11D,12D,13D,14D,15D,16D,17D,18D,19D,20D,21D,22D,23D,24D,25D,26D,27D,28D,29D,30D,31D,32D,33D,34D,35D,36D,37D,38D,39D,40D,41D,42D. The third-order valence-electron chi connectivity index (χ3n) is 8.87. The molecule has 0 aliphatic rings. The van der Waals surface area contributed by atoms with Gasteiger partial charge in [0.05, 0.1) is 68.6 Å². The topological polar surface area (TPSA) is 8.17 Å². The van der Waals surface area contributed by atoms with E-state index in [2.05, 4.69) is 0 Å². The average Bonchev–Trinajstić information content (AvgIpc) is 1.39. The Bertz CT molecular complexity index is 5660. The second kappa shape index (κ2) is 16.1. The Kier molecular flexibility index (Phi) is 3.48. The van der Waals surface area contributed by atoms with Crippen LogP contribution >= 0.6 is 0 Å². The Labute approximate surface area is 421 Å². The van der Waals surface area contributed by atoms with Crippen LogP contribution in [-0.2, 0) is 0 Å². The van der Waals surface area contributed by atoms with Crippen LogP contribution in [0.3, 0.4) is 0 Å². The third kappa shape index (κ3) is 7.04. The van der Waals surface area contributed by atoms with E-state index < -0.39 is 354 Å². The quantitative estimate of drug-likeness (QED) is 0.141. The fourth-order valence-electron chi connectivity index (χ4n) is 6.12. The van der Waals surface area contributed by atoms with Crippen molar-refractivity contribution in [1.29, 1.82) is 0 Å². The highest BCUT2D eigenvalue weighted by molar-refractivity contribution is 6.10. The van der Waals surface area contributed by atoms with Gasteiger partial charge in [0.15, 0.2) is 0 Å². The number of rotatable bonds is 9. The van der Waals surface area contributed by atoms with Crippen LogP contribution in [0.5, 0.6) is 0 Å². The first-order chi connectivity index (χ1) is 48.2. The van der Waals surface area contributed by atoms with E-state index in [1.54, 1.807) is 0 Å². The van der Waals surface area contributed by atoms with Gasteiger partial charge in [0.1, 0.15) is 0 Å². The number of benzene rings is 10. The van der Waals surface area contributed by atoms with Gasteiger partial charge in [0.25, 0.3) is 0 Å². The molecular weight excluding hydrogens is 749 g/mol. The molecule has 2 nitrogen and oxygen atoms in total. The van der Waals surface area contributed by atoms with Gasteiger partial charge >= 0.3 is 0 Å². The van der Waals surface area contributed by atoms with Crippen molar-refractivity contribution in [2.24, 2.45) is 0 Å². The number of nitrogens with zero attached hydrogens (tertiary/aromatic N) is 2. The Morgan fingerprint density at radius 2 is 0.645 bits per heavy atom. The molecule has 1 aromatic heterocycles. The van der Waals surface area contributed by atoms with Gasteiger partial charge < -0.3 is 9.47 Å². The van der Waals surface area contributed by atoms with E-state index in [0.29, 0.717) is 4.57 Å². The van der Waals surface area contributed by atoms with Gasteiger partial charge in [-0.2, -0.15) is 0 Å². The lowest BCUT2D eigenvalue weighted by molar-refractivity contribution is 1.18. The van der Waals surface area contributed by atoms with Crippen molar-refractivity contribution < 1.29 is 57.6 Å². The van der Waals surface area contributed by atoms with E-state index in [0.717, 1.165) is 0 Å². The first-order valence-corrected chi connectivity index (χ1v) is 17.8. The maximum Gasteiger partial charge on any atom is 0.0651 e. The zero-order valence-corrected chi connectivity index (χ0v) is 30.9. The van der Waals surface area contributed by atoms with Crippen LogP contribution in [0.4, 0.5) is 17.1 Å². The van der Waals surface area contributed by atoms with E-state index in [4.69, 9.17) is 31.5 Å². The second-order valence-corrected chi connectivity index (χ2v) is 12.5. The summed E-state index contributed by atoms with van der Waals surface area (Å²) in [6.07, 6.45) is 0. The normalized spacial score (nSPS) is 20.7. The van der Waals surface area contributed by atoms with Gasteiger partial charge in [-0.1, -0.05) is 181 Å². The SMILES string of the molecule is [2H]c1c([2H])c([2H])c(-c2c([2H])c([2H])c(-c3c([2H])c([2H])c(N(c4c([2H])c([2H])c(-c5c([2H])c([2H])c([2H])c(-c6c([2H])c([2H])c([2H])c([2H])c6[2H])c5[2H])c([2H])c4[2H])c4c([2H])c([2H])c([2H])c(-c5c([2H])c([2H])c6c(c5[2H])c5c([2H])c([2H])c([2H])c([2H])c5n6-c5c([2H])c([2H])c([2H])c([2H])c5[2H])c4[2H])c([2H])c3[2H])c([2H])c2[2H])c([2H])c1[2H].